The number of carboxylic acid groups (broad SMARTS) is 1. The van der Waals surface area contributed by atoms with Crippen molar-refractivity contribution >= 4 is 16.9 Å². The number of methoxy groups -OCH3 is 2. The summed E-state index contributed by atoms with van der Waals surface area (Å²) in [6.07, 6.45) is 0. The Morgan fingerprint density at radius 3 is 2.37 bits per heavy atom. The average Bonchev–Trinajstić information content (AvgIpc) is 2.66. The van der Waals surface area contributed by atoms with E-state index in [9.17, 15) is 4.79 Å². The Hall–Kier alpha value is -3.28. The summed E-state index contributed by atoms with van der Waals surface area (Å²) in [4.78, 5) is 15.6. The van der Waals surface area contributed by atoms with Crippen molar-refractivity contribution in [2.45, 2.75) is 13.8 Å². The van der Waals surface area contributed by atoms with E-state index in [2.05, 4.69) is 6.07 Å². The van der Waals surface area contributed by atoms with E-state index in [0.29, 0.717) is 11.5 Å². The van der Waals surface area contributed by atoms with Crippen LogP contribution >= 0.6 is 0 Å². The second kappa shape index (κ2) is 7.53. The van der Waals surface area contributed by atoms with E-state index < -0.39 is 12.6 Å². The van der Waals surface area contributed by atoms with Gasteiger partial charge < -0.3 is 19.3 Å². The number of aromatic nitrogens is 1. The number of carboxylic acids is 1. The Labute approximate surface area is 157 Å². The van der Waals surface area contributed by atoms with E-state index >= 15 is 0 Å². The van der Waals surface area contributed by atoms with Gasteiger partial charge in [-0.05, 0) is 55.3 Å². The Morgan fingerprint density at radius 2 is 1.70 bits per heavy atom. The first-order chi connectivity index (χ1) is 12.9. The number of hydrogen-bond acceptors (Lipinski definition) is 5. The maximum atomic E-state index is 10.8. The van der Waals surface area contributed by atoms with Gasteiger partial charge in [-0.3, -0.25) is 0 Å². The Bertz CT molecular complexity index is 1010. The van der Waals surface area contributed by atoms with Crippen molar-refractivity contribution in [1.82, 2.24) is 4.98 Å². The molecule has 140 valence electrons. The fourth-order valence-corrected chi connectivity index (χ4v) is 2.99. The quantitative estimate of drug-likeness (QED) is 0.709. The summed E-state index contributed by atoms with van der Waals surface area (Å²) in [5.74, 6) is 0.560. The second-order valence-corrected chi connectivity index (χ2v) is 6.21. The van der Waals surface area contributed by atoms with E-state index in [1.165, 1.54) is 7.11 Å². The van der Waals surface area contributed by atoms with Crippen molar-refractivity contribution in [3.63, 3.8) is 0 Å². The molecule has 6 heteroatoms. The predicted octanol–water partition coefficient (Wildman–Crippen LogP) is 4.00. The second-order valence-electron chi connectivity index (χ2n) is 6.21. The molecule has 0 radical (unpaired) electrons. The number of aliphatic carboxylic acids is 1. The highest BCUT2D eigenvalue weighted by atomic mass is 16.5. The molecule has 0 bridgehead atoms. The molecule has 0 spiro atoms. The van der Waals surface area contributed by atoms with E-state index in [-0.39, 0.29) is 0 Å². The van der Waals surface area contributed by atoms with Gasteiger partial charge in [0.15, 0.2) is 18.1 Å². The molecule has 0 amide bonds. The molecule has 1 heterocycles. The molecule has 0 fully saturated rings. The molecular weight excluding hydrogens is 346 g/mol. The smallest absolute Gasteiger partial charge is 0.341 e. The van der Waals surface area contributed by atoms with Gasteiger partial charge in [-0.25, -0.2) is 9.78 Å². The fraction of sp³-hybridized carbons (Fsp3) is 0.238. The highest BCUT2D eigenvalue weighted by molar-refractivity contribution is 5.87. The molecule has 0 aliphatic heterocycles. The minimum absolute atomic E-state index is 0.360. The van der Waals surface area contributed by atoms with Crippen LogP contribution in [0.2, 0.25) is 0 Å². The Balaban J connectivity index is 2.10. The number of aryl methyl sites for hydroxylation is 2. The third-order valence-corrected chi connectivity index (χ3v) is 4.34. The van der Waals surface area contributed by atoms with E-state index in [0.717, 1.165) is 39.0 Å². The summed E-state index contributed by atoms with van der Waals surface area (Å²) in [6.45, 7) is 3.59. The molecule has 0 atom stereocenters. The van der Waals surface area contributed by atoms with Gasteiger partial charge in [0.1, 0.15) is 5.75 Å². The van der Waals surface area contributed by atoms with E-state index in [4.69, 9.17) is 24.3 Å². The maximum Gasteiger partial charge on any atom is 0.341 e. The van der Waals surface area contributed by atoms with Crippen LogP contribution in [0.4, 0.5) is 0 Å². The van der Waals surface area contributed by atoms with Crippen LogP contribution in [0.1, 0.15) is 11.1 Å². The third-order valence-electron chi connectivity index (χ3n) is 4.34. The summed E-state index contributed by atoms with van der Waals surface area (Å²) in [7, 11) is 3.15. The maximum absolute atomic E-state index is 10.8. The number of fused-ring (bicyclic) bond motifs is 1. The van der Waals surface area contributed by atoms with E-state index in [1.54, 1.807) is 19.2 Å². The van der Waals surface area contributed by atoms with Gasteiger partial charge in [0.05, 0.1) is 25.4 Å². The van der Waals surface area contributed by atoms with Gasteiger partial charge in [0.25, 0.3) is 0 Å². The molecule has 0 aliphatic carbocycles. The Morgan fingerprint density at radius 1 is 0.963 bits per heavy atom. The number of carbonyl (C=O) groups is 1. The van der Waals surface area contributed by atoms with Crippen molar-refractivity contribution in [3.05, 3.63) is 47.5 Å². The van der Waals surface area contributed by atoms with Crippen LogP contribution in [0, 0.1) is 13.8 Å². The van der Waals surface area contributed by atoms with Crippen molar-refractivity contribution < 1.29 is 24.1 Å². The van der Waals surface area contributed by atoms with Gasteiger partial charge in [-0.2, -0.15) is 0 Å². The minimum Gasteiger partial charge on any atom is -0.496 e. The van der Waals surface area contributed by atoms with Crippen LogP contribution in [0.25, 0.3) is 22.2 Å². The number of pyridine rings is 1. The molecular formula is C21H21NO5. The predicted molar refractivity (Wildman–Crippen MR) is 103 cm³/mol. The van der Waals surface area contributed by atoms with Crippen LogP contribution in [0.5, 0.6) is 17.2 Å². The van der Waals surface area contributed by atoms with Crippen LogP contribution in [0.3, 0.4) is 0 Å². The molecule has 1 aromatic heterocycles. The zero-order valence-electron chi connectivity index (χ0n) is 15.7. The number of rotatable bonds is 6. The lowest BCUT2D eigenvalue weighted by molar-refractivity contribution is -0.139. The lowest BCUT2D eigenvalue weighted by Gasteiger charge is -2.13. The Kier molecular flexibility index (Phi) is 5.16. The van der Waals surface area contributed by atoms with Crippen LogP contribution < -0.4 is 14.2 Å². The zero-order valence-corrected chi connectivity index (χ0v) is 15.7. The average molecular weight is 367 g/mol. The summed E-state index contributed by atoms with van der Waals surface area (Å²) in [6, 6.07) is 11.3. The largest absolute Gasteiger partial charge is 0.496 e. The van der Waals surface area contributed by atoms with E-state index in [1.807, 2.05) is 32.0 Å². The normalized spacial score (nSPS) is 10.7. The SMILES string of the molecule is COc1cc2nc(-c3ccc(OC)c(OCC(=O)O)c3)cc(C)c2cc1C. The van der Waals surface area contributed by atoms with Gasteiger partial charge >= 0.3 is 5.97 Å². The van der Waals surface area contributed by atoms with Crippen molar-refractivity contribution in [1.29, 1.82) is 0 Å². The molecule has 3 rings (SSSR count). The van der Waals surface area contributed by atoms with Crippen molar-refractivity contribution in [2.75, 3.05) is 20.8 Å². The van der Waals surface area contributed by atoms with Gasteiger partial charge in [-0.1, -0.05) is 0 Å². The first kappa shape index (κ1) is 18.5. The molecule has 0 aliphatic rings. The van der Waals surface area contributed by atoms with Crippen LogP contribution in [-0.2, 0) is 4.79 Å². The summed E-state index contributed by atoms with van der Waals surface area (Å²) in [5.41, 5.74) is 4.53. The fourth-order valence-electron chi connectivity index (χ4n) is 2.99. The third kappa shape index (κ3) is 3.79. The van der Waals surface area contributed by atoms with Gasteiger partial charge in [0, 0.05) is 17.0 Å². The highest BCUT2D eigenvalue weighted by Crippen LogP contribution is 2.34. The first-order valence-corrected chi connectivity index (χ1v) is 8.42. The standard InChI is InChI=1S/C21H21NO5/c1-12-8-16(22-17-10-19(26-4)13(2)7-15(12)17)14-5-6-18(25-3)20(9-14)27-11-21(23)24/h5-10H,11H2,1-4H3,(H,23,24). The molecule has 0 saturated heterocycles. The number of hydrogen-bond donors (Lipinski definition) is 1. The van der Waals surface area contributed by atoms with Crippen molar-refractivity contribution in [3.8, 4) is 28.5 Å². The zero-order chi connectivity index (χ0) is 19.6. The van der Waals surface area contributed by atoms with Crippen molar-refractivity contribution in [2.24, 2.45) is 0 Å². The van der Waals surface area contributed by atoms with Gasteiger partial charge in [-0.15, -0.1) is 0 Å². The first-order valence-electron chi connectivity index (χ1n) is 8.42. The molecule has 3 aromatic rings. The lowest BCUT2D eigenvalue weighted by Crippen LogP contribution is -2.10. The molecule has 6 nitrogen and oxygen atoms in total. The number of ether oxygens (including phenoxy) is 3. The molecule has 0 saturated carbocycles. The number of benzene rings is 2. The molecule has 2 aromatic carbocycles. The summed E-state index contributed by atoms with van der Waals surface area (Å²) >= 11 is 0. The summed E-state index contributed by atoms with van der Waals surface area (Å²) < 4.78 is 16.0. The molecule has 1 N–H and O–H groups in total. The van der Waals surface area contributed by atoms with Crippen LogP contribution in [0.15, 0.2) is 36.4 Å². The minimum atomic E-state index is -1.05. The highest BCUT2D eigenvalue weighted by Gasteiger charge is 2.12. The van der Waals surface area contributed by atoms with Gasteiger partial charge in [0.2, 0.25) is 0 Å². The monoisotopic (exact) mass is 367 g/mol. The lowest BCUT2D eigenvalue weighted by atomic mass is 10.0. The topological polar surface area (TPSA) is 77.9 Å². The molecule has 27 heavy (non-hydrogen) atoms. The number of nitrogens with zero attached hydrogens (tertiary/aromatic N) is 1. The summed E-state index contributed by atoms with van der Waals surface area (Å²) in [5, 5.41) is 9.92. The molecule has 0 unspecified atom stereocenters. The van der Waals surface area contributed by atoms with Crippen LogP contribution in [-0.4, -0.2) is 36.9 Å².